The number of fused-ring (bicyclic) bond motifs is 1. The molecular formula is C18H18FNO2. The molecule has 22 heavy (non-hydrogen) atoms. The average Bonchev–Trinajstić information content (AvgIpc) is 2.55. The summed E-state index contributed by atoms with van der Waals surface area (Å²) in [6, 6.07) is 14.4. The number of aryl methyl sites for hydroxylation is 1. The van der Waals surface area contributed by atoms with Crippen molar-refractivity contribution in [2.24, 2.45) is 0 Å². The zero-order chi connectivity index (χ0) is 15.4. The van der Waals surface area contributed by atoms with E-state index in [1.54, 1.807) is 6.07 Å². The first kappa shape index (κ1) is 14.7. The minimum absolute atomic E-state index is 0.0332. The number of benzene rings is 2. The van der Waals surface area contributed by atoms with E-state index in [0.717, 1.165) is 11.1 Å². The summed E-state index contributed by atoms with van der Waals surface area (Å²) in [5.41, 5.74) is 1.97. The summed E-state index contributed by atoms with van der Waals surface area (Å²) in [5, 5.41) is 3.14. The van der Waals surface area contributed by atoms with Crippen LogP contribution < -0.4 is 10.1 Å². The molecule has 1 N–H and O–H groups in total. The highest BCUT2D eigenvalue weighted by molar-refractivity contribution is 5.85. The van der Waals surface area contributed by atoms with Crippen LogP contribution in [0.2, 0.25) is 0 Å². The molecule has 114 valence electrons. The third kappa shape index (κ3) is 3.52. The number of carbonyl (C=O) groups excluding carboxylic acids is 1. The van der Waals surface area contributed by atoms with Gasteiger partial charge in [0.1, 0.15) is 11.6 Å². The molecule has 4 heteroatoms. The molecule has 3 rings (SSSR count). The molecule has 0 aromatic heterocycles. The van der Waals surface area contributed by atoms with Crippen LogP contribution in [0.15, 0.2) is 48.5 Å². The molecule has 0 aliphatic carbocycles. The number of halogens is 1. The quantitative estimate of drug-likeness (QED) is 0.922. The average molecular weight is 299 g/mol. The lowest BCUT2D eigenvalue weighted by Crippen LogP contribution is -2.37. The molecule has 2 aromatic rings. The normalized spacial score (nSPS) is 16.7. The van der Waals surface area contributed by atoms with Crippen LogP contribution in [-0.4, -0.2) is 18.4 Å². The maximum Gasteiger partial charge on any atom is 0.186 e. The van der Waals surface area contributed by atoms with Crippen molar-refractivity contribution in [1.82, 2.24) is 5.32 Å². The van der Waals surface area contributed by atoms with Gasteiger partial charge in [-0.3, -0.25) is 4.79 Å². The SMILES string of the molecule is O=C(CNCc1ccccc1)[C@H]1CCc2cc(F)ccc2O1. The van der Waals surface area contributed by atoms with Gasteiger partial charge in [-0.1, -0.05) is 30.3 Å². The summed E-state index contributed by atoms with van der Waals surface area (Å²) in [5.74, 6) is 0.386. The van der Waals surface area contributed by atoms with Gasteiger partial charge >= 0.3 is 0 Å². The Hall–Kier alpha value is -2.20. The lowest BCUT2D eigenvalue weighted by molar-refractivity contribution is -0.125. The Morgan fingerprint density at radius 3 is 2.86 bits per heavy atom. The van der Waals surface area contributed by atoms with Crippen LogP contribution in [0.3, 0.4) is 0 Å². The molecule has 0 saturated carbocycles. The van der Waals surface area contributed by atoms with Gasteiger partial charge in [0.15, 0.2) is 11.9 Å². The van der Waals surface area contributed by atoms with Gasteiger partial charge in [-0.05, 0) is 42.2 Å². The predicted molar refractivity (Wildman–Crippen MR) is 82.3 cm³/mol. The number of hydrogen-bond donors (Lipinski definition) is 1. The highest BCUT2D eigenvalue weighted by atomic mass is 19.1. The molecule has 0 spiro atoms. The molecule has 3 nitrogen and oxygen atoms in total. The zero-order valence-electron chi connectivity index (χ0n) is 12.2. The highest BCUT2D eigenvalue weighted by Crippen LogP contribution is 2.28. The monoisotopic (exact) mass is 299 g/mol. The Labute approximate surface area is 129 Å². The van der Waals surface area contributed by atoms with Crippen LogP contribution in [-0.2, 0) is 17.8 Å². The zero-order valence-corrected chi connectivity index (χ0v) is 12.2. The van der Waals surface area contributed by atoms with E-state index in [1.165, 1.54) is 12.1 Å². The summed E-state index contributed by atoms with van der Waals surface area (Å²) in [7, 11) is 0. The van der Waals surface area contributed by atoms with Crippen molar-refractivity contribution in [2.75, 3.05) is 6.54 Å². The second-order valence-electron chi connectivity index (χ2n) is 5.45. The summed E-state index contributed by atoms with van der Waals surface area (Å²) in [6.45, 7) is 0.928. The summed E-state index contributed by atoms with van der Waals surface area (Å²) in [4.78, 5) is 12.2. The topological polar surface area (TPSA) is 38.3 Å². The molecule has 1 heterocycles. The van der Waals surface area contributed by atoms with Crippen molar-refractivity contribution >= 4 is 5.78 Å². The van der Waals surface area contributed by atoms with Crippen molar-refractivity contribution in [3.8, 4) is 5.75 Å². The number of nitrogens with one attached hydrogen (secondary N) is 1. The van der Waals surface area contributed by atoms with Gasteiger partial charge in [-0.15, -0.1) is 0 Å². The molecule has 1 aliphatic heterocycles. The van der Waals surface area contributed by atoms with E-state index in [4.69, 9.17) is 4.74 Å². The first-order valence-electron chi connectivity index (χ1n) is 7.45. The Balaban J connectivity index is 1.52. The number of rotatable bonds is 5. The summed E-state index contributed by atoms with van der Waals surface area (Å²) < 4.78 is 18.8. The van der Waals surface area contributed by atoms with Gasteiger partial charge in [0.2, 0.25) is 0 Å². The molecule has 2 aromatic carbocycles. The van der Waals surface area contributed by atoms with Crippen LogP contribution in [0.25, 0.3) is 0 Å². The molecule has 1 atom stereocenters. The summed E-state index contributed by atoms with van der Waals surface area (Å²) >= 11 is 0. The molecule has 0 unspecified atom stereocenters. The fourth-order valence-electron chi connectivity index (χ4n) is 2.62. The molecule has 0 fully saturated rings. The Bertz CT molecular complexity index is 657. The van der Waals surface area contributed by atoms with Gasteiger partial charge in [0.05, 0.1) is 6.54 Å². The first-order chi connectivity index (χ1) is 10.7. The van der Waals surface area contributed by atoms with Gasteiger partial charge in [-0.2, -0.15) is 0 Å². The van der Waals surface area contributed by atoms with Gasteiger partial charge in [-0.25, -0.2) is 4.39 Å². The number of Topliss-reactive ketones (excluding diaryl/α,β-unsaturated/α-hetero) is 1. The molecule has 0 amide bonds. The number of ketones is 1. The molecular weight excluding hydrogens is 281 g/mol. The van der Waals surface area contributed by atoms with E-state index in [1.807, 2.05) is 30.3 Å². The third-order valence-corrected chi connectivity index (χ3v) is 3.80. The molecule has 0 radical (unpaired) electrons. The molecule has 1 aliphatic rings. The van der Waals surface area contributed by atoms with E-state index in [2.05, 4.69) is 5.32 Å². The minimum Gasteiger partial charge on any atom is -0.482 e. The van der Waals surface area contributed by atoms with Gasteiger partial charge < -0.3 is 10.1 Å². The molecule has 0 bridgehead atoms. The fourth-order valence-corrected chi connectivity index (χ4v) is 2.62. The number of hydrogen-bond acceptors (Lipinski definition) is 3. The molecule has 0 saturated heterocycles. The second-order valence-corrected chi connectivity index (χ2v) is 5.45. The maximum absolute atomic E-state index is 13.1. The predicted octanol–water partition coefficient (Wildman–Crippen LogP) is 2.88. The Morgan fingerprint density at radius 2 is 2.05 bits per heavy atom. The standard InChI is InChI=1S/C18H18FNO2/c19-15-7-9-17-14(10-15)6-8-18(22-17)16(21)12-20-11-13-4-2-1-3-5-13/h1-5,7,9-10,18,20H,6,8,11-12H2/t18-/m1/s1. The minimum atomic E-state index is -0.443. The fraction of sp³-hybridized carbons (Fsp3) is 0.278. The van der Waals surface area contributed by atoms with Crippen LogP contribution in [0.1, 0.15) is 17.5 Å². The van der Waals surface area contributed by atoms with E-state index < -0.39 is 6.10 Å². The van der Waals surface area contributed by atoms with Gasteiger partial charge in [0.25, 0.3) is 0 Å². The van der Waals surface area contributed by atoms with E-state index in [9.17, 15) is 9.18 Å². The van der Waals surface area contributed by atoms with Crippen molar-refractivity contribution in [2.45, 2.75) is 25.5 Å². The van der Waals surface area contributed by atoms with Crippen molar-refractivity contribution in [1.29, 1.82) is 0 Å². The second kappa shape index (κ2) is 6.71. The van der Waals surface area contributed by atoms with Crippen LogP contribution >= 0.6 is 0 Å². The lowest BCUT2D eigenvalue weighted by atomic mass is 9.99. The van der Waals surface area contributed by atoms with Gasteiger partial charge in [0, 0.05) is 6.54 Å². The van der Waals surface area contributed by atoms with Crippen LogP contribution in [0, 0.1) is 5.82 Å². The number of ether oxygens (including phenoxy) is 1. The van der Waals surface area contributed by atoms with E-state index in [0.29, 0.717) is 25.1 Å². The van der Waals surface area contributed by atoms with Crippen LogP contribution in [0.4, 0.5) is 4.39 Å². The van der Waals surface area contributed by atoms with Crippen molar-refractivity contribution in [3.05, 3.63) is 65.5 Å². The first-order valence-corrected chi connectivity index (χ1v) is 7.45. The smallest absolute Gasteiger partial charge is 0.186 e. The van der Waals surface area contributed by atoms with Crippen LogP contribution in [0.5, 0.6) is 5.75 Å². The highest BCUT2D eigenvalue weighted by Gasteiger charge is 2.25. The largest absolute Gasteiger partial charge is 0.482 e. The summed E-state index contributed by atoms with van der Waals surface area (Å²) in [6.07, 6.45) is 0.825. The lowest BCUT2D eigenvalue weighted by Gasteiger charge is -2.25. The van der Waals surface area contributed by atoms with Crippen molar-refractivity contribution < 1.29 is 13.9 Å². The Kier molecular flexibility index (Phi) is 4.49. The van der Waals surface area contributed by atoms with E-state index in [-0.39, 0.29) is 18.1 Å². The Morgan fingerprint density at radius 1 is 1.23 bits per heavy atom. The van der Waals surface area contributed by atoms with Crippen molar-refractivity contribution in [3.63, 3.8) is 0 Å². The third-order valence-electron chi connectivity index (χ3n) is 3.80. The number of carbonyl (C=O) groups is 1. The van der Waals surface area contributed by atoms with E-state index >= 15 is 0 Å². The maximum atomic E-state index is 13.1.